The van der Waals surface area contributed by atoms with Crippen LogP contribution in [0.5, 0.6) is 0 Å². The van der Waals surface area contributed by atoms with Crippen molar-refractivity contribution in [1.29, 1.82) is 0 Å². The van der Waals surface area contributed by atoms with E-state index in [1.807, 2.05) is 12.1 Å². The molecule has 1 amide bonds. The molecule has 2 rings (SSSR count). The van der Waals surface area contributed by atoms with E-state index in [-0.39, 0.29) is 18.6 Å². The van der Waals surface area contributed by atoms with Gasteiger partial charge in [0.1, 0.15) is 6.61 Å². The van der Waals surface area contributed by atoms with E-state index in [4.69, 9.17) is 5.11 Å². The summed E-state index contributed by atoms with van der Waals surface area (Å²) in [4.78, 5) is 12.3. The number of hydrogen-bond acceptors (Lipinski definition) is 2. The summed E-state index contributed by atoms with van der Waals surface area (Å²) in [6.07, 6.45) is 6.30. The van der Waals surface area contributed by atoms with Gasteiger partial charge in [-0.05, 0) is 43.9 Å². The molecule has 3 nitrogen and oxygen atoms in total. The third-order valence-corrected chi connectivity index (χ3v) is 4.15. The molecule has 1 atom stereocenters. The maximum atomic E-state index is 12.3. The first-order valence-electron chi connectivity index (χ1n) is 7.71. The van der Waals surface area contributed by atoms with Crippen molar-refractivity contribution in [2.24, 2.45) is 5.92 Å². The lowest BCUT2D eigenvalue weighted by atomic mass is 9.84. The first-order chi connectivity index (χ1) is 10.2. The van der Waals surface area contributed by atoms with Crippen LogP contribution in [0.4, 0.5) is 0 Å². The molecule has 0 aliphatic heterocycles. The van der Waals surface area contributed by atoms with Gasteiger partial charge in [0.15, 0.2) is 0 Å². The Bertz CT molecular complexity index is 536. The molecule has 1 aliphatic rings. The zero-order valence-corrected chi connectivity index (χ0v) is 12.6. The minimum absolute atomic E-state index is 0.0410. The van der Waals surface area contributed by atoms with Gasteiger partial charge in [-0.15, -0.1) is 0 Å². The van der Waals surface area contributed by atoms with Gasteiger partial charge in [0.2, 0.25) is 0 Å². The van der Waals surface area contributed by atoms with Crippen molar-refractivity contribution in [2.45, 2.75) is 45.1 Å². The first-order valence-corrected chi connectivity index (χ1v) is 7.71. The number of amides is 1. The smallest absolute Gasteiger partial charge is 0.251 e. The average molecular weight is 285 g/mol. The number of benzene rings is 1. The molecule has 1 unspecified atom stereocenters. The maximum absolute atomic E-state index is 12.3. The van der Waals surface area contributed by atoms with Gasteiger partial charge in [0, 0.05) is 17.2 Å². The molecule has 0 radical (unpaired) electrons. The molecule has 1 fully saturated rings. The number of carbonyl (C=O) groups is 1. The molecule has 0 spiro atoms. The van der Waals surface area contributed by atoms with Gasteiger partial charge in [-0.25, -0.2) is 0 Å². The fourth-order valence-electron chi connectivity index (χ4n) is 2.92. The highest BCUT2D eigenvalue weighted by atomic mass is 16.2. The van der Waals surface area contributed by atoms with Crippen LogP contribution in [-0.2, 0) is 0 Å². The Balaban J connectivity index is 1.99. The van der Waals surface area contributed by atoms with Crippen LogP contribution in [0.25, 0.3) is 0 Å². The number of hydrogen-bond donors (Lipinski definition) is 2. The van der Waals surface area contributed by atoms with Gasteiger partial charge in [0.05, 0.1) is 0 Å². The third kappa shape index (κ3) is 4.61. The molecular formula is C18H23NO2. The second-order valence-electron chi connectivity index (χ2n) is 5.70. The second-order valence-corrected chi connectivity index (χ2v) is 5.70. The number of carbonyl (C=O) groups excluding carboxylic acids is 1. The maximum Gasteiger partial charge on any atom is 0.251 e. The van der Waals surface area contributed by atoms with Gasteiger partial charge in [-0.3, -0.25) is 4.79 Å². The van der Waals surface area contributed by atoms with Crippen molar-refractivity contribution < 1.29 is 9.90 Å². The molecule has 0 heterocycles. The normalized spacial score (nSPS) is 16.7. The summed E-state index contributed by atoms with van der Waals surface area (Å²) in [5, 5.41) is 11.8. The fourth-order valence-corrected chi connectivity index (χ4v) is 2.92. The van der Waals surface area contributed by atoms with Gasteiger partial charge >= 0.3 is 0 Å². The third-order valence-electron chi connectivity index (χ3n) is 4.15. The number of aliphatic hydroxyl groups is 1. The second kappa shape index (κ2) is 7.85. The quantitative estimate of drug-likeness (QED) is 0.839. The lowest BCUT2D eigenvalue weighted by molar-refractivity contribution is 0.0919. The largest absolute Gasteiger partial charge is 0.384 e. The summed E-state index contributed by atoms with van der Waals surface area (Å²) in [7, 11) is 0. The average Bonchev–Trinajstić information content (AvgIpc) is 2.54. The predicted octanol–water partition coefficient (Wildman–Crippen LogP) is 2.73. The zero-order chi connectivity index (χ0) is 15.1. The van der Waals surface area contributed by atoms with Crippen molar-refractivity contribution in [3.05, 3.63) is 35.4 Å². The van der Waals surface area contributed by atoms with Crippen LogP contribution in [-0.4, -0.2) is 23.7 Å². The van der Waals surface area contributed by atoms with Crippen LogP contribution in [0.1, 0.15) is 54.9 Å². The van der Waals surface area contributed by atoms with Gasteiger partial charge in [-0.2, -0.15) is 0 Å². The van der Waals surface area contributed by atoms with Crippen molar-refractivity contribution >= 4 is 5.91 Å². The molecule has 112 valence electrons. The van der Waals surface area contributed by atoms with Crippen LogP contribution < -0.4 is 5.32 Å². The summed E-state index contributed by atoms with van der Waals surface area (Å²) in [6, 6.07) is 7.44. The Morgan fingerprint density at radius 3 is 2.86 bits per heavy atom. The highest BCUT2D eigenvalue weighted by Gasteiger charge is 2.21. The van der Waals surface area contributed by atoms with E-state index in [0.717, 1.165) is 5.56 Å². The SMILES string of the molecule is CC(NC(=O)c1cccc(C#CCO)c1)C1CCCCC1. The van der Waals surface area contributed by atoms with Crippen LogP contribution in [0, 0.1) is 17.8 Å². The molecule has 0 saturated heterocycles. The molecule has 3 heteroatoms. The lowest BCUT2D eigenvalue weighted by Gasteiger charge is -2.28. The Labute approximate surface area is 126 Å². The van der Waals surface area contributed by atoms with Crippen molar-refractivity contribution in [2.75, 3.05) is 6.61 Å². The van der Waals surface area contributed by atoms with Crippen LogP contribution in [0.3, 0.4) is 0 Å². The van der Waals surface area contributed by atoms with E-state index in [1.54, 1.807) is 12.1 Å². The van der Waals surface area contributed by atoms with E-state index in [0.29, 0.717) is 11.5 Å². The summed E-state index contributed by atoms with van der Waals surface area (Å²) in [5.74, 6) is 5.98. The van der Waals surface area contributed by atoms with E-state index in [2.05, 4.69) is 24.1 Å². The minimum Gasteiger partial charge on any atom is -0.384 e. The van der Waals surface area contributed by atoms with Crippen LogP contribution >= 0.6 is 0 Å². The molecule has 1 aromatic carbocycles. The highest BCUT2D eigenvalue weighted by Crippen LogP contribution is 2.26. The molecular weight excluding hydrogens is 262 g/mol. The Hall–Kier alpha value is -1.79. The summed E-state index contributed by atoms with van der Waals surface area (Å²) in [5.41, 5.74) is 1.38. The number of nitrogens with one attached hydrogen (secondary N) is 1. The molecule has 0 aromatic heterocycles. The van der Waals surface area contributed by atoms with Crippen LogP contribution in [0.2, 0.25) is 0 Å². The Morgan fingerprint density at radius 1 is 1.38 bits per heavy atom. The molecule has 0 bridgehead atoms. The van der Waals surface area contributed by atoms with Crippen molar-refractivity contribution in [3.63, 3.8) is 0 Å². The van der Waals surface area contributed by atoms with E-state index in [9.17, 15) is 4.79 Å². The lowest BCUT2D eigenvalue weighted by Crippen LogP contribution is -2.38. The Morgan fingerprint density at radius 2 is 2.14 bits per heavy atom. The number of aliphatic hydroxyl groups excluding tert-OH is 1. The summed E-state index contributed by atoms with van der Waals surface area (Å²) in [6.45, 7) is 1.93. The number of rotatable bonds is 3. The topological polar surface area (TPSA) is 49.3 Å². The molecule has 21 heavy (non-hydrogen) atoms. The van der Waals surface area contributed by atoms with Crippen molar-refractivity contribution in [1.82, 2.24) is 5.32 Å². The Kier molecular flexibility index (Phi) is 5.83. The highest BCUT2D eigenvalue weighted by molar-refractivity contribution is 5.94. The van der Waals surface area contributed by atoms with Crippen LogP contribution in [0.15, 0.2) is 24.3 Å². The van der Waals surface area contributed by atoms with Gasteiger partial charge in [-0.1, -0.05) is 37.2 Å². The molecule has 2 N–H and O–H groups in total. The minimum atomic E-state index is -0.171. The zero-order valence-electron chi connectivity index (χ0n) is 12.6. The molecule has 1 aromatic rings. The summed E-state index contributed by atoms with van der Waals surface area (Å²) >= 11 is 0. The summed E-state index contributed by atoms with van der Waals surface area (Å²) < 4.78 is 0. The standard InChI is InChI=1S/C18H23NO2/c1-14(16-9-3-2-4-10-16)19-18(21)17-11-5-7-15(13-17)8-6-12-20/h5,7,11,13-14,16,20H,2-4,9-10,12H2,1H3,(H,19,21). The molecule has 1 saturated carbocycles. The van der Waals surface area contributed by atoms with Gasteiger partial charge in [0.25, 0.3) is 5.91 Å². The fraction of sp³-hybridized carbons (Fsp3) is 0.500. The van der Waals surface area contributed by atoms with E-state index in [1.165, 1.54) is 32.1 Å². The van der Waals surface area contributed by atoms with Gasteiger partial charge < -0.3 is 10.4 Å². The monoisotopic (exact) mass is 285 g/mol. The van der Waals surface area contributed by atoms with E-state index < -0.39 is 0 Å². The first kappa shape index (κ1) is 15.6. The molecule has 1 aliphatic carbocycles. The van der Waals surface area contributed by atoms with E-state index >= 15 is 0 Å². The van der Waals surface area contributed by atoms with Crippen molar-refractivity contribution in [3.8, 4) is 11.8 Å². The predicted molar refractivity (Wildman–Crippen MR) is 83.9 cm³/mol.